The number of hydrogen-bond donors (Lipinski definition) is 1. The third-order valence-electron chi connectivity index (χ3n) is 4.19. The van der Waals surface area contributed by atoms with Gasteiger partial charge >= 0.3 is 6.18 Å². The third-order valence-corrected chi connectivity index (χ3v) is 5.54. The highest BCUT2D eigenvalue weighted by Gasteiger charge is 2.41. The summed E-state index contributed by atoms with van der Waals surface area (Å²) >= 11 is 0. The Morgan fingerprint density at radius 1 is 1.19 bits per heavy atom. The predicted octanol–water partition coefficient (Wildman–Crippen LogP) is 4.15. The van der Waals surface area contributed by atoms with Crippen LogP contribution in [0.15, 0.2) is 53.4 Å². The molecular weight excluding hydrogens is 438 g/mol. The van der Waals surface area contributed by atoms with E-state index in [1.165, 1.54) is 31.4 Å². The topological polar surface area (TPSA) is 73.2 Å². The van der Waals surface area contributed by atoms with Crippen LogP contribution in [-0.2, 0) is 22.7 Å². The van der Waals surface area contributed by atoms with Gasteiger partial charge in [-0.1, -0.05) is 30.2 Å². The Kier molecular flexibility index (Phi) is 5.94. The molecule has 3 rings (SSSR count). The van der Waals surface area contributed by atoms with Gasteiger partial charge in [-0.3, -0.25) is 4.72 Å². The Hall–Kier alpha value is -3.52. The Morgan fingerprint density at radius 3 is 2.42 bits per heavy atom. The maximum absolute atomic E-state index is 14.2. The van der Waals surface area contributed by atoms with Gasteiger partial charge in [0.05, 0.1) is 17.6 Å². The SMILES string of the molecule is C#CCn1nc(NS(=O)(=O)c2ccccc2)c(-c2ccc(OC)c(F)c2)c1C(F)(F)F. The summed E-state index contributed by atoms with van der Waals surface area (Å²) in [4.78, 5) is -0.193. The fraction of sp³-hybridized carbons (Fsp3) is 0.150. The average molecular weight is 453 g/mol. The highest BCUT2D eigenvalue weighted by atomic mass is 32.2. The molecule has 0 unspecified atom stereocenters. The molecule has 0 radical (unpaired) electrons. The number of anilines is 1. The number of alkyl halides is 3. The van der Waals surface area contributed by atoms with Crippen molar-refractivity contribution < 1.29 is 30.7 Å². The van der Waals surface area contributed by atoms with Crippen LogP contribution in [0.4, 0.5) is 23.4 Å². The molecule has 162 valence electrons. The number of benzene rings is 2. The van der Waals surface area contributed by atoms with E-state index in [0.29, 0.717) is 4.68 Å². The van der Waals surface area contributed by atoms with Gasteiger partial charge in [0.25, 0.3) is 10.0 Å². The molecule has 1 heterocycles. The second-order valence-electron chi connectivity index (χ2n) is 6.20. The number of aromatic nitrogens is 2. The van der Waals surface area contributed by atoms with Crippen molar-refractivity contribution in [3.8, 4) is 29.2 Å². The third kappa shape index (κ3) is 4.49. The molecule has 2 aromatic carbocycles. The normalized spacial score (nSPS) is 11.7. The molecule has 3 aromatic rings. The van der Waals surface area contributed by atoms with Crippen molar-refractivity contribution in [2.75, 3.05) is 11.8 Å². The zero-order valence-corrected chi connectivity index (χ0v) is 16.8. The Balaban J connectivity index is 2.26. The number of terminal acetylenes is 1. The Labute approximate surface area is 175 Å². The van der Waals surface area contributed by atoms with Crippen LogP contribution in [0.5, 0.6) is 5.75 Å². The maximum Gasteiger partial charge on any atom is 0.433 e. The van der Waals surface area contributed by atoms with Gasteiger partial charge in [0.2, 0.25) is 0 Å². The number of rotatable bonds is 6. The van der Waals surface area contributed by atoms with Gasteiger partial charge in [-0.15, -0.1) is 6.42 Å². The van der Waals surface area contributed by atoms with E-state index in [-0.39, 0.29) is 16.2 Å². The lowest BCUT2D eigenvalue weighted by atomic mass is 10.0. The molecule has 0 spiro atoms. The van der Waals surface area contributed by atoms with Crippen LogP contribution in [0, 0.1) is 18.2 Å². The van der Waals surface area contributed by atoms with E-state index in [2.05, 4.69) is 9.82 Å². The first-order valence-corrected chi connectivity index (χ1v) is 10.1. The molecule has 0 fully saturated rings. The highest BCUT2D eigenvalue weighted by Crippen LogP contribution is 2.42. The van der Waals surface area contributed by atoms with Crippen LogP contribution in [0.25, 0.3) is 11.1 Å². The summed E-state index contributed by atoms with van der Waals surface area (Å²) in [6.45, 7) is -0.590. The van der Waals surface area contributed by atoms with Gasteiger partial charge in [0, 0.05) is 0 Å². The molecule has 0 aliphatic carbocycles. The van der Waals surface area contributed by atoms with E-state index in [1.54, 1.807) is 6.07 Å². The summed E-state index contributed by atoms with van der Waals surface area (Å²) < 4.78 is 88.7. The van der Waals surface area contributed by atoms with Crippen molar-refractivity contribution in [2.24, 2.45) is 0 Å². The van der Waals surface area contributed by atoms with E-state index < -0.39 is 45.6 Å². The van der Waals surface area contributed by atoms with Gasteiger partial charge < -0.3 is 4.74 Å². The number of sulfonamides is 1. The van der Waals surface area contributed by atoms with Crippen LogP contribution in [0.1, 0.15) is 5.69 Å². The first-order valence-electron chi connectivity index (χ1n) is 8.61. The fourth-order valence-electron chi connectivity index (χ4n) is 2.90. The molecule has 11 heteroatoms. The van der Waals surface area contributed by atoms with Crippen molar-refractivity contribution in [1.82, 2.24) is 9.78 Å². The minimum Gasteiger partial charge on any atom is -0.494 e. The minimum absolute atomic E-state index is 0.193. The number of nitrogens with one attached hydrogen (secondary N) is 1. The summed E-state index contributed by atoms with van der Waals surface area (Å²) in [5.74, 6) is 0.269. The molecule has 0 aliphatic rings. The standard InChI is InChI=1S/C20H15F4N3O3S/c1-3-11-27-18(20(22,23)24)17(13-9-10-16(30-2)15(21)12-13)19(25-27)26-31(28,29)14-7-5-4-6-8-14/h1,4-10,12H,11H2,2H3,(H,25,26). The quantitative estimate of drug-likeness (QED) is 0.450. The molecule has 0 bridgehead atoms. The van der Waals surface area contributed by atoms with Crippen molar-refractivity contribution in [1.29, 1.82) is 0 Å². The van der Waals surface area contributed by atoms with Gasteiger partial charge in [-0.2, -0.15) is 18.3 Å². The van der Waals surface area contributed by atoms with Crippen molar-refractivity contribution in [2.45, 2.75) is 17.6 Å². The van der Waals surface area contributed by atoms with E-state index in [0.717, 1.165) is 18.2 Å². The zero-order valence-electron chi connectivity index (χ0n) is 15.9. The average Bonchev–Trinajstić information content (AvgIpc) is 3.06. The summed E-state index contributed by atoms with van der Waals surface area (Å²) in [7, 11) is -3.10. The number of nitrogens with zero attached hydrogens (tertiary/aromatic N) is 2. The summed E-state index contributed by atoms with van der Waals surface area (Å²) in [5.41, 5.74) is -2.25. The summed E-state index contributed by atoms with van der Waals surface area (Å²) in [6, 6.07) is 10.1. The Morgan fingerprint density at radius 2 is 1.87 bits per heavy atom. The van der Waals surface area contributed by atoms with Gasteiger partial charge in [0.1, 0.15) is 6.54 Å². The van der Waals surface area contributed by atoms with Crippen molar-refractivity contribution in [3.05, 3.63) is 60.0 Å². The second kappa shape index (κ2) is 8.31. The molecule has 6 nitrogen and oxygen atoms in total. The molecule has 31 heavy (non-hydrogen) atoms. The van der Waals surface area contributed by atoms with Crippen molar-refractivity contribution in [3.63, 3.8) is 0 Å². The van der Waals surface area contributed by atoms with Crippen LogP contribution in [0.2, 0.25) is 0 Å². The smallest absolute Gasteiger partial charge is 0.433 e. The zero-order chi connectivity index (χ0) is 22.8. The predicted molar refractivity (Wildman–Crippen MR) is 105 cm³/mol. The van der Waals surface area contributed by atoms with Crippen LogP contribution in [0.3, 0.4) is 0 Å². The molecule has 0 amide bonds. The highest BCUT2D eigenvalue weighted by molar-refractivity contribution is 7.92. The lowest BCUT2D eigenvalue weighted by Gasteiger charge is -2.13. The monoisotopic (exact) mass is 453 g/mol. The molecular formula is C20H15F4N3O3S. The van der Waals surface area contributed by atoms with Gasteiger partial charge in [-0.25, -0.2) is 17.5 Å². The molecule has 0 saturated carbocycles. The van der Waals surface area contributed by atoms with E-state index in [1.807, 2.05) is 5.92 Å². The summed E-state index contributed by atoms with van der Waals surface area (Å²) in [6.07, 6.45) is 0.191. The lowest BCUT2D eigenvalue weighted by molar-refractivity contribution is -0.143. The first-order chi connectivity index (χ1) is 14.6. The van der Waals surface area contributed by atoms with E-state index in [4.69, 9.17) is 11.2 Å². The first kappa shape index (κ1) is 22.2. The van der Waals surface area contributed by atoms with Gasteiger partial charge in [0.15, 0.2) is 23.1 Å². The van der Waals surface area contributed by atoms with Crippen LogP contribution in [-0.4, -0.2) is 25.3 Å². The number of hydrogen-bond acceptors (Lipinski definition) is 4. The van der Waals surface area contributed by atoms with Crippen LogP contribution >= 0.6 is 0 Å². The van der Waals surface area contributed by atoms with E-state index in [9.17, 15) is 26.0 Å². The second-order valence-corrected chi connectivity index (χ2v) is 7.88. The molecule has 1 aromatic heterocycles. The maximum atomic E-state index is 14.2. The van der Waals surface area contributed by atoms with Gasteiger partial charge in [-0.05, 0) is 29.8 Å². The molecule has 1 N–H and O–H groups in total. The lowest BCUT2D eigenvalue weighted by Crippen LogP contribution is -2.15. The number of ether oxygens (including phenoxy) is 1. The van der Waals surface area contributed by atoms with E-state index >= 15 is 0 Å². The number of methoxy groups -OCH3 is 1. The molecule has 0 aliphatic heterocycles. The minimum atomic E-state index is -4.97. The molecule has 0 atom stereocenters. The summed E-state index contributed by atoms with van der Waals surface area (Å²) in [5, 5.41) is 3.74. The fourth-order valence-corrected chi connectivity index (χ4v) is 3.93. The van der Waals surface area contributed by atoms with Crippen molar-refractivity contribution >= 4 is 15.8 Å². The molecule has 0 saturated heterocycles. The van der Waals surface area contributed by atoms with Crippen LogP contribution < -0.4 is 9.46 Å². The Bertz CT molecular complexity index is 1250. The number of halogens is 4. The largest absolute Gasteiger partial charge is 0.494 e.